The largest absolute Gasteiger partial charge is 0.465 e. The lowest BCUT2D eigenvalue weighted by molar-refractivity contribution is -0.00848. The van der Waals surface area contributed by atoms with Gasteiger partial charge in [0.1, 0.15) is 5.75 Å². The van der Waals surface area contributed by atoms with Gasteiger partial charge in [0.15, 0.2) is 6.79 Å². The second-order valence-electron chi connectivity index (χ2n) is 5.36. The molecule has 0 saturated heterocycles. The first-order valence-corrected chi connectivity index (χ1v) is 8.78. The zero-order valence-corrected chi connectivity index (χ0v) is 15.9. The molecule has 0 radical (unpaired) electrons. The Kier molecular flexibility index (Phi) is 8.88. The number of methoxy groups -OCH3 is 1. The van der Waals surface area contributed by atoms with Crippen LogP contribution in [-0.4, -0.2) is 45.0 Å². The van der Waals surface area contributed by atoms with Gasteiger partial charge in [0.05, 0.1) is 30.9 Å². The predicted octanol–water partition coefficient (Wildman–Crippen LogP) is 4.15. The van der Waals surface area contributed by atoms with Crippen LogP contribution in [0.2, 0.25) is 10.0 Å². The summed E-state index contributed by atoms with van der Waals surface area (Å²) in [5, 5.41) is 10.4. The Morgan fingerprint density at radius 1 is 1.15 bits per heavy atom. The van der Waals surface area contributed by atoms with Crippen molar-refractivity contribution in [2.45, 2.75) is 6.04 Å². The average molecular weight is 398 g/mol. The molecule has 0 bridgehead atoms. The van der Waals surface area contributed by atoms with Gasteiger partial charge in [0.2, 0.25) is 0 Å². The molecule has 0 spiro atoms. The Bertz CT molecular complexity index is 710. The van der Waals surface area contributed by atoms with E-state index in [1.807, 2.05) is 30.3 Å². The summed E-state index contributed by atoms with van der Waals surface area (Å²) in [5.74, 6) is 0.419. The number of nitrogens with zero attached hydrogens (tertiary/aromatic N) is 1. The Morgan fingerprint density at radius 3 is 2.62 bits per heavy atom. The zero-order chi connectivity index (χ0) is 18.8. The molecule has 0 aromatic heterocycles. The minimum Gasteiger partial charge on any atom is -0.465 e. The fourth-order valence-corrected chi connectivity index (χ4v) is 2.78. The minimum atomic E-state index is -0.389. The summed E-state index contributed by atoms with van der Waals surface area (Å²) in [6.45, 7) is 0.784. The van der Waals surface area contributed by atoms with Crippen LogP contribution >= 0.6 is 23.2 Å². The van der Waals surface area contributed by atoms with Gasteiger partial charge in [-0.2, -0.15) is 0 Å². The quantitative estimate of drug-likeness (QED) is 0.371. The van der Waals surface area contributed by atoms with Gasteiger partial charge in [0.25, 0.3) is 0 Å². The molecular formula is C19H21Cl2NO4. The molecule has 5 nitrogen and oxygen atoms in total. The van der Waals surface area contributed by atoms with Crippen molar-refractivity contribution in [3.05, 3.63) is 63.6 Å². The molecule has 2 aromatic carbocycles. The maximum atomic E-state index is 9.63. The van der Waals surface area contributed by atoms with Gasteiger partial charge in [-0.05, 0) is 17.7 Å². The lowest BCUT2D eigenvalue weighted by Crippen LogP contribution is -2.09. The average Bonchev–Trinajstić information content (AvgIpc) is 2.64. The zero-order valence-electron chi connectivity index (χ0n) is 14.4. The predicted molar refractivity (Wildman–Crippen MR) is 104 cm³/mol. The van der Waals surface area contributed by atoms with Crippen molar-refractivity contribution >= 4 is 29.4 Å². The summed E-state index contributed by atoms with van der Waals surface area (Å²) in [6.07, 6.45) is 1.59. The summed E-state index contributed by atoms with van der Waals surface area (Å²) in [6, 6.07) is 12.4. The molecule has 26 heavy (non-hydrogen) atoms. The monoisotopic (exact) mass is 397 g/mol. The highest BCUT2D eigenvalue weighted by molar-refractivity contribution is 6.36. The van der Waals surface area contributed by atoms with E-state index in [1.165, 1.54) is 0 Å². The molecule has 0 fully saturated rings. The van der Waals surface area contributed by atoms with Crippen LogP contribution in [0.4, 0.5) is 0 Å². The van der Waals surface area contributed by atoms with Crippen LogP contribution in [0.3, 0.4) is 0 Å². The Labute approximate surface area is 163 Å². The molecule has 0 unspecified atom stereocenters. The van der Waals surface area contributed by atoms with E-state index in [1.54, 1.807) is 25.5 Å². The number of benzene rings is 2. The Hall–Kier alpha value is -1.63. The van der Waals surface area contributed by atoms with Crippen LogP contribution in [0.1, 0.15) is 17.2 Å². The van der Waals surface area contributed by atoms with Crippen molar-refractivity contribution in [2.24, 2.45) is 4.99 Å². The maximum Gasteiger partial charge on any atom is 0.189 e. The van der Waals surface area contributed by atoms with Gasteiger partial charge in [-0.1, -0.05) is 53.5 Å². The molecule has 0 heterocycles. The Morgan fingerprint density at radius 2 is 1.92 bits per heavy atom. The van der Waals surface area contributed by atoms with E-state index in [-0.39, 0.29) is 19.4 Å². The van der Waals surface area contributed by atoms with E-state index in [0.717, 1.165) is 5.56 Å². The lowest BCUT2D eigenvalue weighted by Gasteiger charge is -2.13. The summed E-state index contributed by atoms with van der Waals surface area (Å²) < 4.78 is 15.8. The van der Waals surface area contributed by atoms with Crippen molar-refractivity contribution in [3.63, 3.8) is 0 Å². The number of aliphatic imine (C=N–C) groups is 1. The molecule has 0 aliphatic rings. The van der Waals surface area contributed by atoms with E-state index >= 15 is 0 Å². The maximum absolute atomic E-state index is 9.63. The van der Waals surface area contributed by atoms with Crippen LogP contribution in [0, 0.1) is 0 Å². The van der Waals surface area contributed by atoms with Crippen LogP contribution in [0.5, 0.6) is 5.75 Å². The van der Waals surface area contributed by atoms with Crippen LogP contribution in [0.25, 0.3) is 0 Å². The van der Waals surface area contributed by atoms with Crippen molar-refractivity contribution in [1.29, 1.82) is 0 Å². The van der Waals surface area contributed by atoms with Gasteiger partial charge in [-0.3, -0.25) is 4.99 Å². The molecule has 1 N–H and O–H groups in total. The minimum absolute atomic E-state index is 0.0215. The van der Waals surface area contributed by atoms with Gasteiger partial charge in [-0.25, -0.2) is 0 Å². The van der Waals surface area contributed by atoms with Crippen molar-refractivity contribution in [2.75, 3.05) is 33.7 Å². The first-order chi connectivity index (χ1) is 12.7. The molecule has 0 amide bonds. The van der Waals surface area contributed by atoms with Crippen LogP contribution in [0.15, 0.2) is 47.5 Å². The third kappa shape index (κ3) is 6.27. The van der Waals surface area contributed by atoms with Crippen LogP contribution in [-0.2, 0) is 9.47 Å². The SMILES string of the molecule is COCCOCOc1c(Cl)cc(Cl)cc1C=N[C@H](CO)c1ccccc1. The molecule has 1 atom stereocenters. The number of hydrogen-bond donors (Lipinski definition) is 1. The number of aliphatic hydroxyl groups is 1. The number of halogens is 2. The number of hydrogen-bond acceptors (Lipinski definition) is 5. The summed E-state index contributed by atoms with van der Waals surface area (Å²) in [5.41, 5.74) is 1.51. The van der Waals surface area contributed by atoms with Crippen LogP contribution < -0.4 is 4.74 Å². The fraction of sp³-hybridized carbons (Fsp3) is 0.316. The number of rotatable bonds is 10. The second-order valence-corrected chi connectivity index (χ2v) is 6.20. The highest BCUT2D eigenvalue weighted by Gasteiger charge is 2.12. The molecule has 140 valence electrons. The first-order valence-electron chi connectivity index (χ1n) is 8.03. The third-order valence-electron chi connectivity index (χ3n) is 3.51. The fourth-order valence-electron chi connectivity index (χ4n) is 2.21. The summed E-state index contributed by atoms with van der Waals surface area (Å²) >= 11 is 12.3. The van der Waals surface area contributed by atoms with E-state index in [0.29, 0.717) is 34.6 Å². The Balaban J connectivity index is 2.16. The van der Waals surface area contributed by atoms with Gasteiger partial charge < -0.3 is 19.3 Å². The third-order valence-corrected chi connectivity index (χ3v) is 4.01. The normalized spacial score (nSPS) is 12.5. The van der Waals surface area contributed by atoms with Crippen molar-refractivity contribution in [1.82, 2.24) is 0 Å². The molecule has 0 aliphatic heterocycles. The molecular weight excluding hydrogens is 377 g/mol. The lowest BCUT2D eigenvalue weighted by atomic mass is 10.1. The summed E-state index contributed by atoms with van der Waals surface area (Å²) in [7, 11) is 1.60. The van der Waals surface area contributed by atoms with Gasteiger partial charge in [0, 0.05) is 23.9 Å². The number of ether oxygens (including phenoxy) is 3. The highest BCUT2D eigenvalue weighted by atomic mass is 35.5. The number of aliphatic hydroxyl groups excluding tert-OH is 1. The standard InChI is InChI=1S/C19H21Cl2NO4/c1-24-7-8-25-13-26-19-15(9-16(20)10-17(19)21)11-22-18(12-23)14-5-3-2-4-6-14/h2-6,9-11,18,23H,7-8,12-13H2,1H3/t18-/m1/s1. The molecule has 2 rings (SSSR count). The first kappa shape index (κ1) is 20.7. The van der Waals surface area contributed by atoms with E-state index in [9.17, 15) is 5.11 Å². The van der Waals surface area contributed by atoms with E-state index < -0.39 is 0 Å². The van der Waals surface area contributed by atoms with Gasteiger partial charge in [-0.15, -0.1) is 0 Å². The summed E-state index contributed by atoms with van der Waals surface area (Å²) in [4.78, 5) is 4.45. The second kappa shape index (κ2) is 11.2. The smallest absolute Gasteiger partial charge is 0.189 e. The molecule has 0 saturated carbocycles. The van der Waals surface area contributed by atoms with Gasteiger partial charge >= 0.3 is 0 Å². The molecule has 7 heteroatoms. The molecule has 0 aliphatic carbocycles. The van der Waals surface area contributed by atoms with E-state index in [2.05, 4.69) is 4.99 Å². The topological polar surface area (TPSA) is 60.3 Å². The van der Waals surface area contributed by atoms with Crippen molar-refractivity contribution in [3.8, 4) is 5.75 Å². The molecule has 2 aromatic rings. The van der Waals surface area contributed by atoms with E-state index in [4.69, 9.17) is 37.4 Å². The van der Waals surface area contributed by atoms with Crippen molar-refractivity contribution < 1.29 is 19.3 Å². The highest BCUT2D eigenvalue weighted by Crippen LogP contribution is 2.32.